The predicted molar refractivity (Wildman–Crippen MR) is 115 cm³/mol. The lowest BCUT2D eigenvalue weighted by Gasteiger charge is -2.57. The number of carbonyl (C=O) groups is 2. The van der Waals surface area contributed by atoms with Gasteiger partial charge in [0, 0.05) is 31.0 Å². The molecule has 4 aliphatic carbocycles. The van der Waals surface area contributed by atoms with E-state index in [4.69, 9.17) is 27.9 Å². The number of rotatable bonds is 1. The molecule has 1 spiro atoms. The number of hydrogen-bond donors (Lipinski definition) is 0. The van der Waals surface area contributed by atoms with Crippen LogP contribution >= 0.6 is 23.2 Å². The van der Waals surface area contributed by atoms with E-state index < -0.39 is 5.60 Å². The summed E-state index contributed by atoms with van der Waals surface area (Å²) < 4.78 is 6.34. The predicted octanol–water partition coefficient (Wildman–Crippen LogP) is 5.54. The second-order valence-electron chi connectivity index (χ2n) is 10.6. The summed E-state index contributed by atoms with van der Waals surface area (Å²) in [6.07, 6.45) is 9.00. The fourth-order valence-electron chi connectivity index (χ4n) is 7.62. The lowest BCUT2D eigenvalue weighted by atomic mass is 9.49. The van der Waals surface area contributed by atoms with Gasteiger partial charge in [0.15, 0.2) is 5.78 Å². The summed E-state index contributed by atoms with van der Waals surface area (Å²) in [6, 6.07) is 3.27. The summed E-state index contributed by atoms with van der Waals surface area (Å²) in [5, 5.41) is 0.833. The summed E-state index contributed by atoms with van der Waals surface area (Å²) >= 11 is 12.4. The standard InChI is InChI=1S/C24H27Cl2NO3/c25-17-8-18-20(28)13-24(30-21(18)19(26)9-17)1-3-27(4-2-24)22(29)23-10-14-5-15(11-23)7-16(6-14)12-23/h8-9,14-16H,1-7,10-13H2. The Labute approximate surface area is 187 Å². The van der Waals surface area contributed by atoms with Crippen LogP contribution in [0.3, 0.4) is 0 Å². The molecule has 0 atom stereocenters. The van der Waals surface area contributed by atoms with E-state index in [1.807, 2.05) is 0 Å². The Hall–Kier alpha value is -1.26. The molecule has 1 amide bonds. The van der Waals surface area contributed by atoms with Crippen LogP contribution in [0.2, 0.25) is 10.0 Å². The SMILES string of the molecule is O=C1CC2(CCN(C(=O)C34CC5CC(CC(C5)C3)C4)CC2)Oc2c(Cl)cc(Cl)cc21. The van der Waals surface area contributed by atoms with Gasteiger partial charge in [-0.2, -0.15) is 0 Å². The van der Waals surface area contributed by atoms with Gasteiger partial charge in [-0.3, -0.25) is 9.59 Å². The van der Waals surface area contributed by atoms with Gasteiger partial charge in [-0.15, -0.1) is 0 Å². The number of benzene rings is 1. The van der Waals surface area contributed by atoms with Gasteiger partial charge in [-0.1, -0.05) is 23.2 Å². The van der Waals surface area contributed by atoms with Gasteiger partial charge < -0.3 is 9.64 Å². The number of likely N-dealkylation sites (tertiary alicyclic amines) is 1. The first kappa shape index (κ1) is 19.4. The zero-order valence-corrected chi connectivity index (χ0v) is 18.6. The molecule has 2 aliphatic heterocycles. The van der Waals surface area contributed by atoms with Crippen LogP contribution in [-0.2, 0) is 4.79 Å². The van der Waals surface area contributed by atoms with E-state index in [1.54, 1.807) is 12.1 Å². The third-order valence-electron chi connectivity index (χ3n) is 8.56. The van der Waals surface area contributed by atoms with Gasteiger partial charge in [0.2, 0.25) is 5.91 Å². The number of fused-ring (bicyclic) bond motifs is 1. The summed E-state index contributed by atoms with van der Waals surface area (Å²) in [5.74, 6) is 3.16. The van der Waals surface area contributed by atoms with Crippen LogP contribution in [0.5, 0.6) is 5.75 Å². The molecule has 6 heteroatoms. The number of nitrogens with zero attached hydrogens (tertiary/aromatic N) is 1. The third-order valence-corrected chi connectivity index (χ3v) is 9.06. The van der Waals surface area contributed by atoms with Crippen LogP contribution in [0.4, 0.5) is 0 Å². The minimum absolute atomic E-state index is 0.0292. The molecule has 6 aliphatic rings. The lowest BCUT2D eigenvalue weighted by Crippen LogP contribution is -2.58. The third kappa shape index (κ3) is 2.93. The van der Waals surface area contributed by atoms with Crippen molar-refractivity contribution < 1.29 is 14.3 Å². The maximum Gasteiger partial charge on any atom is 0.228 e. The number of hydrogen-bond acceptors (Lipinski definition) is 3. The molecule has 4 nitrogen and oxygen atoms in total. The molecular weight excluding hydrogens is 421 g/mol. The summed E-state index contributed by atoms with van der Waals surface area (Å²) in [7, 11) is 0. The van der Waals surface area contributed by atoms with Gasteiger partial charge in [-0.25, -0.2) is 0 Å². The monoisotopic (exact) mass is 447 g/mol. The summed E-state index contributed by atoms with van der Waals surface area (Å²) in [5.41, 5.74) is -0.181. The fourth-order valence-corrected chi connectivity index (χ4v) is 8.15. The minimum atomic E-state index is -0.556. The van der Waals surface area contributed by atoms with Crippen molar-refractivity contribution >= 4 is 34.9 Å². The zero-order chi connectivity index (χ0) is 20.7. The molecule has 4 bridgehead atoms. The highest BCUT2D eigenvalue weighted by Crippen LogP contribution is 2.60. The smallest absolute Gasteiger partial charge is 0.228 e. The highest BCUT2D eigenvalue weighted by Gasteiger charge is 2.56. The number of carbonyl (C=O) groups excluding carboxylic acids is 2. The van der Waals surface area contributed by atoms with E-state index in [2.05, 4.69) is 4.90 Å². The zero-order valence-electron chi connectivity index (χ0n) is 17.1. The van der Waals surface area contributed by atoms with Gasteiger partial charge in [0.25, 0.3) is 0 Å². The molecule has 2 heterocycles. The number of ether oxygens (including phenoxy) is 1. The van der Waals surface area contributed by atoms with E-state index in [1.165, 1.54) is 19.3 Å². The Morgan fingerprint density at radius 2 is 1.60 bits per heavy atom. The lowest BCUT2D eigenvalue weighted by molar-refractivity contribution is -0.161. The van der Waals surface area contributed by atoms with Crippen molar-refractivity contribution in [2.45, 2.75) is 63.4 Å². The van der Waals surface area contributed by atoms with E-state index in [0.717, 1.165) is 37.0 Å². The molecule has 30 heavy (non-hydrogen) atoms. The number of amides is 1. The molecule has 7 rings (SSSR count). The maximum absolute atomic E-state index is 13.7. The van der Waals surface area contributed by atoms with Crippen LogP contribution in [0, 0.1) is 23.2 Å². The Morgan fingerprint density at radius 3 is 2.20 bits per heavy atom. The van der Waals surface area contributed by atoms with Crippen molar-refractivity contribution in [3.63, 3.8) is 0 Å². The Morgan fingerprint density at radius 1 is 1.00 bits per heavy atom. The Balaban J connectivity index is 1.19. The highest BCUT2D eigenvalue weighted by molar-refractivity contribution is 6.36. The first-order valence-electron chi connectivity index (χ1n) is 11.4. The van der Waals surface area contributed by atoms with Gasteiger partial charge >= 0.3 is 0 Å². The van der Waals surface area contributed by atoms with E-state index in [9.17, 15) is 9.59 Å². The first-order valence-corrected chi connectivity index (χ1v) is 12.1. The number of ketones is 1. The molecule has 0 radical (unpaired) electrons. The Kier molecular flexibility index (Phi) is 4.29. The van der Waals surface area contributed by atoms with Crippen LogP contribution in [0.25, 0.3) is 0 Å². The van der Waals surface area contributed by atoms with Crippen LogP contribution < -0.4 is 4.74 Å². The quantitative estimate of drug-likeness (QED) is 0.567. The minimum Gasteiger partial charge on any atom is -0.484 e. The van der Waals surface area contributed by atoms with Crippen LogP contribution in [0.1, 0.15) is 68.1 Å². The van der Waals surface area contributed by atoms with Crippen molar-refractivity contribution in [3.8, 4) is 5.75 Å². The molecule has 1 saturated heterocycles. The van der Waals surface area contributed by atoms with E-state index in [-0.39, 0.29) is 11.2 Å². The molecular formula is C24H27Cl2NO3. The highest BCUT2D eigenvalue weighted by atomic mass is 35.5. The van der Waals surface area contributed by atoms with Crippen molar-refractivity contribution in [1.29, 1.82) is 0 Å². The number of Topliss-reactive ketones (excluding diaryl/α,β-unsaturated/α-hetero) is 1. The average Bonchev–Trinajstić information content (AvgIpc) is 2.68. The topological polar surface area (TPSA) is 46.6 Å². The molecule has 0 N–H and O–H groups in total. The normalized spacial score (nSPS) is 36.0. The van der Waals surface area contributed by atoms with Crippen molar-refractivity contribution in [2.75, 3.05) is 13.1 Å². The fraction of sp³-hybridized carbons (Fsp3) is 0.667. The second kappa shape index (κ2) is 6.62. The molecule has 0 aromatic heterocycles. The molecule has 1 aromatic rings. The van der Waals surface area contributed by atoms with E-state index >= 15 is 0 Å². The van der Waals surface area contributed by atoms with Gasteiger partial charge in [-0.05, 0) is 68.4 Å². The second-order valence-corrected chi connectivity index (χ2v) is 11.5. The van der Waals surface area contributed by atoms with Gasteiger partial charge in [0.1, 0.15) is 11.4 Å². The molecule has 0 unspecified atom stereocenters. The maximum atomic E-state index is 13.7. The van der Waals surface area contributed by atoms with Crippen molar-refractivity contribution in [3.05, 3.63) is 27.7 Å². The average molecular weight is 448 g/mol. The summed E-state index contributed by atoms with van der Waals surface area (Å²) in [4.78, 5) is 28.6. The van der Waals surface area contributed by atoms with Crippen LogP contribution in [0.15, 0.2) is 12.1 Å². The summed E-state index contributed by atoms with van der Waals surface area (Å²) in [6.45, 7) is 1.32. The molecule has 160 valence electrons. The Bertz CT molecular complexity index is 899. The number of piperidine rings is 1. The van der Waals surface area contributed by atoms with Crippen molar-refractivity contribution in [1.82, 2.24) is 4.90 Å². The molecule has 5 fully saturated rings. The van der Waals surface area contributed by atoms with Crippen LogP contribution in [-0.4, -0.2) is 35.3 Å². The largest absolute Gasteiger partial charge is 0.484 e. The van der Waals surface area contributed by atoms with E-state index in [0.29, 0.717) is 59.6 Å². The number of halogens is 2. The molecule has 4 saturated carbocycles. The first-order chi connectivity index (χ1) is 14.3. The molecule has 1 aromatic carbocycles. The van der Waals surface area contributed by atoms with Crippen molar-refractivity contribution in [2.24, 2.45) is 23.2 Å². The van der Waals surface area contributed by atoms with Gasteiger partial charge in [0.05, 0.1) is 22.4 Å².